The maximum Gasteiger partial charge on any atom is 0.210 e. The number of nitrogens with zero attached hydrogens (tertiary/aromatic N) is 2. The Morgan fingerprint density at radius 1 is 0.686 bits per heavy atom. The first-order valence-corrected chi connectivity index (χ1v) is 19.6. The maximum absolute atomic E-state index is 2.54. The van der Waals surface area contributed by atoms with Gasteiger partial charge in [-0.2, -0.15) is 4.58 Å². The Labute approximate surface area is 308 Å². The molecule has 3 aliphatic rings. The van der Waals surface area contributed by atoms with Crippen molar-refractivity contribution in [1.82, 2.24) is 0 Å². The average molecular weight is 686 g/mol. The third-order valence-corrected chi connectivity index (χ3v) is 12.7. The first-order chi connectivity index (χ1) is 24.7. The summed E-state index contributed by atoms with van der Waals surface area (Å²) in [7, 11) is 0. The van der Waals surface area contributed by atoms with Crippen LogP contribution in [0.3, 0.4) is 0 Å². The van der Waals surface area contributed by atoms with Crippen molar-refractivity contribution < 1.29 is 4.58 Å². The summed E-state index contributed by atoms with van der Waals surface area (Å²) in [6.45, 7) is 16.1. The number of anilines is 1. The molecule has 2 nitrogen and oxygen atoms in total. The molecule has 5 aromatic rings. The molecule has 3 heteroatoms. The normalized spacial score (nSPS) is 19.7. The van der Waals surface area contributed by atoms with Crippen LogP contribution < -0.4 is 4.90 Å². The predicted octanol–water partition coefficient (Wildman–Crippen LogP) is 12.8. The Bertz CT molecular complexity index is 2330. The number of fused-ring (bicyclic) bond motifs is 6. The summed E-state index contributed by atoms with van der Waals surface area (Å²) in [5, 5.41) is 5.36. The van der Waals surface area contributed by atoms with E-state index in [0.29, 0.717) is 0 Å². The van der Waals surface area contributed by atoms with Gasteiger partial charge in [0.25, 0.3) is 0 Å². The van der Waals surface area contributed by atoms with Crippen LogP contribution in [0.25, 0.3) is 21.5 Å². The minimum atomic E-state index is -0.107. The molecule has 0 saturated carbocycles. The summed E-state index contributed by atoms with van der Waals surface area (Å²) in [5.74, 6) is 0. The molecule has 0 spiro atoms. The van der Waals surface area contributed by atoms with Gasteiger partial charge in [0.1, 0.15) is 6.54 Å². The molecule has 0 fully saturated rings. The molecule has 51 heavy (non-hydrogen) atoms. The van der Waals surface area contributed by atoms with Gasteiger partial charge in [0, 0.05) is 50.9 Å². The summed E-state index contributed by atoms with van der Waals surface area (Å²) in [6.07, 6.45) is 13.1. The summed E-state index contributed by atoms with van der Waals surface area (Å²) in [4.78, 5) is 5.23. The molecule has 8 rings (SSSR count). The lowest BCUT2D eigenvalue weighted by molar-refractivity contribution is -0.433. The van der Waals surface area contributed by atoms with Crippen LogP contribution in [-0.2, 0) is 10.8 Å². The van der Waals surface area contributed by atoms with Crippen LogP contribution in [0.15, 0.2) is 154 Å². The van der Waals surface area contributed by atoms with E-state index >= 15 is 0 Å². The third kappa shape index (κ3) is 5.62. The van der Waals surface area contributed by atoms with E-state index in [1.54, 1.807) is 0 Å². The van der Waals surface area contributed by atoms with Crippen LogP contribution in [0.4, 0.5) is 11.4 Å². The molecule has 256 valence electrons. The smallest absolute Gasteiger partial charge is 0.210 e. The number of likely N-dealkylation sites (N-methyl/N-ethyl adjacent to an activating group) is 1. The van der Waals surface area contributed by atoms with Gasteiger partial charge in [-0.1, -0.05) is 111 Å². The molecule has 0 saturated heterocycles. The molecule has 2 aliphatic heterocycles. The van der Waals surface area contributed by atoms with Crippen LogP contribution in [0.2, 0.25) is 0 Å². The molecule has 0 radical (unpaired) electrons. The molecular weight excluding hydrogens is 637 g/mol. The second-order valence-corrected chi connectivity index (χ2v) is 16.3. The first-order valence-electron chi connectivity index (χ1n) is 18.8. The zero-order chi connectivity index (χ0) is 35.3. The van der Waals surface area contributed by atoms with E-state index in [1.807, 2.05) is 11.8 Å². The lowest BCUT2D eigenvalue weighted by Gasteiger charge is -2.27. The summed E-state index contributed by atoms with van der Waals surface area (Å²) in [6, 6.07) is 37.9. The number of thioether (sulfide) groups is 1. The van der Waals surface area contributed by atoms with Gasteiger partial charge in [-0.25, -0.2) is 0 Å². The van der Waals surface area contributed by atoms with Crippen molar-refractivity contribution in [2.45, 2.75) is 76.5 Å². The number of hydrogen-bond acceptors (Lipinski definition) is 2. The highest BCUT2D eigenvalue weighted by atomic mass is 32.2. The van der Waals surface area contributed by atoms with Crippen molar-refractivity contribution in [3.8, 4) is 0 Å². The lowest BCUT2D eigenvalue weighted by Crippen LogP contribution is -2.27. The fraction of sp³-hybridized carbons (Fsp3) is 0.271. The number of allylic oxidation sites excluding steroid dienone is 7. The van der Waals surface area contributed by atoms with Crippen molar-refractivity contribution in [3.63, 3.8) is 0 Å². The minimum absolute atomic E-state index is 0.107. The molecule has 2 heterocycles. The second-order valence-electron chi connectivity index (χ2n) is 15.2. The summed E-state index contributed by atoms with van der Waals surface area (Å²) in [5.41, 5.74) is 11.0. The van der Waals surface area contributed by atoms with Crippen LogP contribution in [-0.4, -0.2) is 23.4 Å². The number of hydrogen-bond donors (Lipinski definition) is 0. The van der Waals surface area contributed by atoms with Crippen LogP contribution in [0.1, 0.15) is 71.9 Å². The summed E-state index contributed by atoms with van der Waals surface area (Å²) < 4.78 is 2.54. The highest BCUT2D eigenvalue weighted by Gasteiger charge is 2.45. The topological polar surface area (TPSA) is 6.25 Å². The third-order valence-electron chi connectivity index (χ3n) is 11.5. The Hall–Kier alpha value is -4.60. The van der Waals surface area contributed by atoms with Crippen molar-refractivity contribution >= 4 is 50.4 Å². The highest BCUT2D eigenvalue weighted by Crippen LogP contribution is 2.51. The summed E-state index contributed by atoms with van der Waals surface area (Å²) >= 11 is 1.93. The molecule has 5 aromatic carbocycles. The monoisotopic (exact) mass is 685 g/mol. The molecular formula is C48H49N2S+. The highest BCUT2D eigenvalue weighted by molar-refractivity contribution is 8.03. The van der Waals surface area contributed by atoms with Crippen LogP contribution in [0, 0.1) is 0 Å². The van der Waals surface area contributed by atoms with Crippen LogP contribution in [0.5, 0.6) is 0 Å². The van der Waals surface area contributed by atoms with E-state index in [1.165, 1.54) is 76.4 Å². The Balaban J connectivity index is 1.23. The van der Waals surface area contributed by atoms with E-state index in [0.717, 1.165) is 32.4 Å². The SMILES string of the molecule is CCN1C(=CC=C2CCCC(C=CC3=[N+](CC)c4ccc5ccccc5c4C3(C)C)=C2Sc2ccccc2)C(C)(C)c2c1ccc1ccccc21. The Morgan fingerprint density at radius 2 is 1.35 bits per heavy atom. The van der Waals surface area contributed by atoms with Crippen molar-refractivity contribution in [1.29, 1.82) is 0 Å². The van der Waals surface area contributed by atoms with E-state index in [4.69, 9.17) is 0 Å². The fourth-order valence-electron chi connectivity index (χ4n) is 9.07. The van der Waals surface area contributed by atoms with Crippen molar-refractivity contribution in [2.75, 3.05) is 18.0 Å². The Morgan fingerprint density at radius 3 is 2.06 bits per heavy atom. The zero-order valence-corrected chi connectivity index (χ0v) is 31.8. The second kappa shape index (κ2) is 13.2. The lowest BCUT2D eigenvalue weighted by atomic mass is 9.78. The largest absolute Gasteiger partial charge is 0.344 e. The predicted molar refractivity (Wildman–Crippen MR) is 221 cm³/mol. The van der Waals surface area contributed by atoms with Gasteiger partial charge in [0.2, 0.25) is 5.69 Å². The number of rotatable bonds is 7. The van der Waals surface area contributed by atoms with E-state index in [-0.39, 0.29) is 10.8 Å². The number of benzene rings is 5. The molecule has 0 unspecified atom stereocenters. The molecule has 0 amide bonds. The molecule has 0 atom stereocenters. The van der Waals surface area contributed by atoms with Gasteiger partial charge in [-0.15, -0.1) is 0 Å². The van der Waals surface area contributed by atoms with E-state index < -0.39 is 0 Å². The van der Waals surface area contributed by atoms with Gasteiger partial charge in [-0.05, 0) is 116 Å². The first kappa shape index (κ1) is 33.5. The van der Waals surface area contributed by atoms with Gasteiger partial charge in [-0.3, -0.25) is 0 Å². The maximum atomic E-state index is 2.54. The van der Waals surface area contributed by atoms with Gasteiger partial charge in [0.05, 0.1) is 5.41 Å². The van der Waals surface area contributed by atoms with E-state index in [2.05, 4.69) is 178 Å². The molecule has 0 N–H and O–H groups in total. The molecule has 0 bridgehead atoms. The van der Waals surface area contributed by atoms with Gasteiger partial charge >= 0.3 is 0 Å². The standard InChI is InChI=1S/C48H49N2S/c1-7-49-40-29-25-33-17-12-14-23-38(33)44(40)47(3,4)42(49)31-27-35-19-16-20-36(46(35)51-37-21-10-9-11-22-37)28-32-43-48(5,6)45-39-24-15-13-18-34(39)26-30-41(45)50(43)8-2/h9-15,17-18,21-32H,7-8,16,19-20H2,1-6H3/q+1. The van der Waals surface area contributed by atoms with Gasteiger partial charge in [0.15, 0.2) is 5.71 Å². The molecule has 1 aliphatic carbocycles. The fourth-order valence-corrected chi connectivity index (χ4v) is 10.2. The quantitative estimate of drug-likeness (QED) is 0.157. The van der Waals surface area contributed by atoms with Crippen molar-refractivity contribution in [3.05, 3.63) is 160 Å². The van der Waals surface area contributed by atoms with Gasteiger partial charge < -0.3 is 4.90 Å². The minimum Gasteiger partial charge on any atom is -0.344 e. The van der Waals surface area contributed by atoms with Crippen LogP contribution >= 0.6 is 11.8 Å². The zero-order valence-electron chi connectivity index (χ0n) is 31.0. The van der Waals surface area contributed by atoms with Crippen molar-refractivity contribution in [2.24, 2.45) is 0 Å². The average Bonchev–Trinajstić information content (AvgIpc) is 3.52. The van der Waals surface area contributed by atoms with E-state index in [9.17, 15) is 0 Å². The molecule has 0 aromatic heterocycles. The Kier molecular flexibility index (Phi) is 8.67.